The van der Waals surface area contributed by atoms with Crippen molar-refractivity contribution in [2.75, 3.05) is 0 Å². The fraction of sp³-hybridized carbons (Fsp3) is 0. The zero-order valence-corrected chi connectivity index (χ0v) is 8.92. The zero-order chi connectivity index (χ0) is 2.71. The first kappa shape index (κ1) is 23.9. The molecule has 0 saturated carbocycles. The molecule has 0 aliphatic heterocycles. The maximum absolute atomic E-state index is 4.34. The summed E-state index contributed by atoms with van der Waals surface area (Å²) in [4.78, 5) is 0. The van der Waals surface area contributed by atoms with Crippen LogP contribution in [-0.4, -0.2) is 0 Å². The predicted molar refractivity (Wildman–Crippen MR) is 32.7 cm³/mol. The fourth-order valence-corrected chi connectivity index (χ4v) is 0. The van der Waals surface area contributed by atoms with Gasteiger partial charge in [0.1, 0.15) is 0 Å². The van der Waals surface area contributed by atoms with Crippen LogP contribution in [0.3, 0.4) is 0 Å². The minimum atomic E-state index is -0.363. The van der Waals surface area contributed by atoms with Gasteiger partial charge in [0, 0.05) is 0 Å². The Morgan fingerprint density at radius 1 is 1.00 bits per heavy atom. The van der Waals surface area contributed by atoms with E-state index in [4.69, 9.17) is 0 Å². The van der Waals surface area contributed by atoms with Crippen LogP contribution in [-0.2, 0) is 58.7 Å². The van der Waals surface area contributed by atoms with Gasteiger partial charge >= 0.3 is 51.3 Å². The van der Waals surface area contributed by atoms with Crippen LogP contribution >= 0.6 is 19.6 Å². The van der Waals surface area contributed by atoms with Gasteiger partial charge in [0.2, 0.25) is 0 Å². The number of hydrogen-bond acceptors (Lipinski definition) is 4. The summed E-state index contributed by atoms with van der Waals surface area (Å²) in [6.07, 6.45) is 0. The molecular formula is H2CoMoS4. The average molecular weight is 285 g/mol. The normalized spacial score (nSPS) is 2.00. The molecule has 0 aromatic heterocycles. The van der Waals surface area contributed by atoms with E-state index in [1.54, 1.807) is 0 Å². The third-order valence-corrected chi connectivity index (χ3v) is 0. The molecule has 0 rings (SSSR count). The van der Waals surface area contributed by atoms with E-state index in [9.17, 15) is 0 Å². The molecule has 0 aliphatic carbocycles. The molecule has 0 fully saturated rings. The summed E-state index contributed by atoms with van der Waals surface area (Å²) in [6, 6.07) is 0. The molecule has 6 heteroatoms. The number of rotatable bonds is 0. The van der Waals surface area contributed by atoms with Crippen LogP contribution in [0.1, 0.15) is 0 Å². The quantitative estimate of drug-likeness (QED) is 0.366. The molecule has 0 saturated heterocycles. The van der Waals surface area contributed by atoms with Gasteiger partial charge in [-0.15, -0.1) is 0 Å². The Morgan fingerprint density at radius 3 is 1.00 bits per heavy atom. The van der Waals surface area contributed by atoms with E-state index in [1.165, 1.54) is 0 Å². The van der Waals surface area contributed by atoms with Crippen LogP contribution in [0, 0.1) is 0 Å². The topological polar surface area (TPSA) is 0 Å². The summed E-state index contributed by atoms with van der Waals surface area (Å²) >= 11 is -0.363. The molecule has 0 spiro atoms. The molecule has 0 heterocycles. The monoisotopic (exact) mass is 287 g/mol. The Kier molecular flexibility index (Phi) is 105. The average Bonchev–Trinajstić information content (AvgIpc) is 0.918. The van der Waals surface area contributed by atoms with E-state index in [2.05, 4.69) is 19.6 Å². The number of thiol groups is 2. The summed E-state index contributed by atoms with van der Waals surface area (Å²) in [5, 5.41) is 0. The van der Waals surface area contributed by atoms with Crippen LogP contribution in [0.15, 0.2) is 0 Å². The molecule has 0 amide bonds. The maximum atomic E-state index is 4.34. The second-order valence-corrected chi connectivity index (χ2v) is 3.62. The Balaban J connectivity index is -0.00000000667. The van der Waals surface area contributed by atoms with Crippen molar-refractivity contribution in [2.45, 2.75) is 0 Å². The summed E-state index contributed by atoms with van der Waals surface area (Å²) in [7, 11) is 8.68. The number of hydrogen-bond donors (Lipinski definition) is 0. The van der Waals surface area contributed by atoms with Gasteiger partial charge in [0.15, 0.2) is 0 Å². The van der Waals surface area contributed by atoms with Gasteiger partial charge in [0.25, 0.3) is 0 Å². The van der Waals surface area contributed by atoms with Crippen molar-refractivity contribution < 1.29 is 31.7 Å². The first-order valence-electron chi connectivity index (χ1n) is 0.333. The molecule has 0 aromatic carbocycles. The second kappa shape index (κ2) is 26.5. The summed E-state index contributed by atoms with van der Waals surface area (Å²) in [5.74, 6) is 0. The van der Waals surface area contributed by atoms with Crippen LogP contribution in [0.25, 0.3) is 0 Å². The van der Waals surface area contributed by atoms with Gasteiger partial charge < -0.3 is 27.0 Å². The predicted octanol–water partition coefficient (Wildman–Crippen LogP) is 0.751. The molecule has 6 heavy (non-hydrogen) atoms. The van der Waals surface area contributed by atoms with Crippen LogP contribution in [0.2, 0.25) is 0 Å². The molecule has 0 unspecified atom stereocenters. The molecule has 0 aliphatic rings. The standard InChI is InChI=1S/Co.Mo.2H2S.2S/h;;2*1H2;;/q+2;;;;;/p-2. The first-order chi connectivity index (χ1) is 1.41. The van der Waals surface area contributed by atoms with E-state index in [0.717, 1.165) is 0 Å². The second-order valence-electron chi connectivity index (χ2n) is 0.0680. The Hall–Kier alpha value is 2.33. The third kappa shape index (κ3) is 33.1. The third-order valence-electron chi connectivity index (χ3n) is 0. The van der Waals surface area contributed by atoms with Gasteiger partial charge in [0.05, 0.1) is 0 Å². The SMILES string of the molecule is [Co+2].[SH-].[SH-].[S]=[Mo]=[S]. The molecule has 41 valence electrons. The van der Waals surface area contributed by atoms with E-state index < -0.39 is 0 Å². The van der Waals surface area contributed by atoms with E-state index >= 15 is 0 Å². The molecule has 0 atom stereocenters. The van der Waals surface area contributed by atoms with Crippen molar-refractivity contribution >= 4 is 46.6 Å². The van der Waals surface area contributed by atoms with Gasteiger partial charge in [-0.1, -0.05) is 0 Å². The van der Waals surface area contributed by atoms with Crippen LogP contribution < -0.4 is 0 Å². The van der Waals surface area contributed by atoms with Crippen molar-refractivity contribution in [3.05, 3.63) is 0 Å². The zero-order valence-electron chi connectivity index (χ0n) is 2.45. The van der Waals surface area contributed by atoms with Crippen molar-refractivity contribution in [3.63, 3.8) is 0 Å². The molecule has 0 bridgehead atoms. The van der Waals surface area contributed by atoms with Gasteiger partial charge in [-0.25, -0.2) is 0 Å². The van der Waals surface area contributed by atoms with Gasteiger partial charge in [-0.05, 0) is 0 Å². The Morgan fingerprint density at radius 2 is 1.00 bits per heavy atom. The summed E-state index contributed by atoms with van der Waals surface area (Å²) in [6.45, 7) is 0. The van der Waals surface area contributed by atoms with Crippen molar-refractivity contribution in [1.82, 2.24) is 0 Å². The minimum absolute atomic E-state index is 0. The van der Waals surface area contributed by atoms with Crippen LogP contribution in [0.5, 0.6) is 0 Å². The van der Waals surface area contributed by atoms with Gasteiger partial charge in [-0.3, -0.25) is 0 Å². The summed E-state index contributed by atoms with van der Waals surface area (Å²) in [5.41, 5.74) is 0. The summed E-state index contributed by atoms with van der Waals surface area (Å²) < 4.78 is 0. The van der Waals surface area contributed by atoms with Crippen molar-refractivity contribution in [2.24, 2.45) is 0 Å². The van der Waals surface area contributed by atoms with E-state index in [-0.39, 0.29) is 58.7 Å². The van der Waals surface area contributed by atoms with Gasteiger partial charge in [-0.2, -0.15) is 0 Å². The Labute approximate surface area is 77.4 Å². The fourth-order valence-electron chi connectivity index (χ4n) is 0. The first-order valence-corrected chi connectivity index (χ1v) is 5.92. The van der Waals surface area contributed by atoms with Crippen molar-refractivity contribution in [3.8, 4) is 0 Å². The van der Waals surface area contributed by atoms with Crippen molar-refractivity contribution in [1.29, 1.82) is 0 Å². The molecule has 0 N–H and O–H groups in total. The van der Waals surface area contributed by atoms with E-state index in [1.807, 2.05) is 0 Å². The van der Waals surface area contributed by atoms with Crippen LogP contribution in [0.4, 0.5) is 0 Å². The molecule has 0 nitrogen and oxygen atoms in total. The van der Waals surface area contributed by atoms with E-state index in [0.29, 0.717) is 0 Å². The Bertz CT molecular complexity index is 28.5. The molecular weight excluding hydrogens is 283 g/mol. The molecule has 0 aromatic rings. The molecule has 1 radical (unpaired) electrons.